The lowest BCUT2D eigenvalue weighted by Gasteiger charge is -2.31. The van der Waals surface area contributed by atoms with Gasteiger partial charge in [-0.1, -0.05) is 16.8 Å². The normalized spacial score (nSPS) is 14.0. The molecule has 0 aliphatic carbocycles. The van der Waals surface area contributed by atoms with Crippen molar-refractivity contribution in [1.29, 1.82) is 0 Å². The van der Waals surface area contributed by atoms with Crippen molar-refractivity contribution in [2.45, 2.75) is 25.7 Å². The molecule has 1 fully saturated rings. The fraction of sp³-hybridized carbons (Fsp3) is 0.391. The Morgan fingerprint density at radius 1 is 1.20 bits per heavy atom. The summed E-state index contributed by atoms with van der Waals surface area (Å²) in [6.07, 6.45) is 1.54. The molecule has 1 N–H and O–H groups in total. The van der Waals surface area contributed by atoms with Gasteiger partial charge in [-0.25, -0.2) is 14.6 Å². The predicted octanol–water partition coefficient (Wildman–Crippen LogP) is 5.06. The molecule has 1 aliphatic heterocycles. The van der Waals surface area contributed by atoms with E-state index in [0.717, 1.165) is 17.8 Å². The number of halogens is 1. The number of hydrogen-bond acceptors (Lipinski definition) is 9. The topological polar surface area (TPSA) is 116 Å². The number of piperidine rings is 1. The van der Waals surface area contributed by atoms with Crippen LogP contribution in [0.5, 0.6) is 11.5 Å². The van der Waals surface area contributed by atoms with E-state index in [0.29, 0.717) is 46.8 Å². The maximum atomic E-state index is 12.9. The zero-order valence-corrected chi connectivity index (χ0v) is 21.1. The SMILES string of the molecule is CCOC(=O)c1cc(-c2csc(C3CCN(C(=O)Nc4cc(Cl)c(OC)cc4OC)CC3)n2)on1. The number of nitrogens with one attached hydrogen (secondary N) is 1. The highest BCUT2D eigenvalue weighted by Gasteiger charge is 2.27. The van der Waals surface area contributed by atoms with Crippen LogP contribution in [0.2, 0.25) is 5.02 Å². The van der Waals surface area contributed by atoms with E-state index in [4.69, 9.17) is 30.3 Å². The number of aromatic nitrogens is 2. The predicted molar refractivity (Wildman–Crippen MR) is 131 cm³/mol. The average Bonchev–Trinajstić information content (AvgIpc) is 3.55. The van der Waals surface area contributed by atoms with E-state index in [1.807, 2.05) is 5.38 Å². The molecule has 0 unspecified atom stereocenters. The lowest BCUT2D eigenvalue weighted by atomic mass is 9.98. The molecule has 2 aromatic heterocycles. The number of hydrogen-bond donors (Lipinski definition) is 1. The van der Waals surface area contributed by atoms with Crippen molar-refractivity contribution in [1.82, 2.24) is 15.0 Å². The van der Waals surface area contributed by atoms with Crippen molar-refractivity contribution in [3.05, 3.63) is 39.3 Å². The number of rotatable bonds is 7. The van der Waals surface area contributed by atoms with Gasteiger partial charge in [0.1, 0.15) is 17.2 Å². The van der Waals surface area contributed by atoms with E-state index in [2.05, 4.69) is 15.5 Å². The molecule has 0 spiro atoms. The van der Waals surface area contributed by atoms with Crippen LogP contribution in [0.4, 0.5) is 10.5 Å². The number of benzene rings is 1. The van der Waals surface area contributed by atoms with Crippen LogP contribution in [0.3, 0.4) is 0 Å². The molecule has 186 valence electrons. The highest BCUT2D eigenvalue weighted by molar-refractivity contribution is 7.10. The zero-order valence-electron chi connectivity index (χ0n) is 19.5. The number of amides is 2. The molecule has 0 radical (unpaired) electrons. The number of likely N-dealkylation sites (tertiary alicyclic amines) is 1. The van der Waals surface area contributed by atoms with Gasteiger partial charge < -0.3 is 29.0 Å². The number of carbonyl (C=O) groups excluding carboxylic acids is 2. The molecule has 35 heavy (non-hydrogen) atoms. The van der Waals surface area contributed by atoms with Crippen molar-refractivity contribution in [2.24, 2.45) is 0 Å². The van der Waals surface area contributed by atoms with E-state index < -0.39 is 5.97 Å². The highest BCUT2D eigenvalue weighted by Crippen LogP contribution is 2.37. The third-order valence-electron chi connectivity index (χ3n) is 5.62. The Hall–Kier alpha value is -3.31. The van der Waals surface area contributed by atoms with Crippen molar-refractivity contribution >= 4 is 40.6 Å². The van der Waals surface area contributed by atoms with Gasteiger partial charge in [-0.2, -0.15) is 0 Å². The Morgan fingerprint density at radius 3 is 2.63 bits per heavy atom. The molecule has 4 rings (SSSR count). The summed E-state index contributed by atoms with van der Waals surface area (Å²) in [4.78, 5) is 31.1. The number of methoxy groups -OCH3 is 2. The van der Waals surface area contributed by atoms with Gasteiger partial charge in [-0.15, -0.1) is 11.3 Å². The molecule has 0 atom stereocenters. The highest BCUT2D eigenvalue weighted by atomic mass is 35.5. The molecule has 1 aliphatic rings. The van der Waals surface area contributed by atoms with E-state index in [-0.39, 0.29) is 24.2 Å². The van der Waals surface area contributed by atoms with Gasteiger partial charge in [0.15, 0.2) is 11.5 Å². The first-order valence-corrected chi connectivity index (χ1v) is 12.3. The summed E-state index contributed by atoms with van der Waals surface area (Å²) in [5, 5.41) is 9.85. The summed E-state index contributed by atoms with van der Waals surface area (Å²) in [7, 11) is 3.03. The second-order valence-corrected chi connectivity index (χ2v) is 9.04. The summed E-state index contributed by atoms with van der Waals surface area (Å²) in [5.74, 6) is 1.03. The van der Waals surface area contributed by atoms with E-state index in [1.54, 1.807) is 24.0 Å². The molecule has 3 aromatic rings. The van der Waals surface area contributed by atoms with Gasteiger partial charge >= 0.3 is 12.0 Å². The van der Waals surface area contributed by atoms with E-state index >= 15 is 0 Å². The first-order chi connectivity index (χ1) is 16.9. The molecular weight excluding hydrogens is 496 g/mol. The summed E-state index contributed by atoms with van der Waals surface area (Å²) >= 11 is 7.73. The number of ether oxygens (including phenoxy) is 3. The van der Waals surface area contributed by atoms with Gasteiger partial charge in [0.2, 0.25) is 0 Å². The van der Waals surface area contributed by atoms with Gasteiger partial charge in [-0.05, 0) is 25.8 Å². The summed E-state index contributed by atoms with van der Waals surface area (Å²) in [5.41, 5.74) is 1.21. The Morgan fingerprint density at radius 2 is 1.94 bits per heavy atom. The Balaban J connectivity index is 1.36. The minimum Gasteiger partial charge on any atom is -0.495 e. The molecule has 0 saturated carbocycles. The third-order valence-corrected chi connectivity index (χ3v) is 6.92. The number of nitrogens with zero attached hydrogens (tertiary/aromatic N) is 3. The smallest absolute Gasteiger partial charge is 0.360 e. The second-order valence-electron chi connectivity index (χ2n) is 7.75. The molecular formula is C23H25ClN4O6S. The monoisotopic (exact) mass is 520 g/mol. The van der Waals surface area contributed by atoms with Crippen LogP contribution in [0.15, 0.2) is 28.1 Å². The first kappa shape index (κ1) is 24.8. The first-order valence-electron chi connectivity index (χ1n) is 11.0. The van der Waals surface area contributed by atoms with Crippen LogP contribution in [0.1, 0.15) is 41.2 Å². The Bertz CT molecular complexity index is 1200. The van der Waals surface area contributed by atoms with Gasteiger partial charge in [0.25, 0.3) is 0 Å². The fourth-order valence-corrected chi connectivity index (χ4v) is 4.99. The third kappa shape index (κ3) is 5.51. The van der Waals surface area contributed by atoms with Crippen molar-refractivity contribution < 1.29 is 28.3 Å². The summed E-state index contributed by atoms with van der Waals surface area (Å²) in [6, 6.07) is 4.55. The number of esters is 1. The maximum Gasteiger partial charge on any atom is 0.360 e. The largest absolute Gasteiger partial charge is 0.495 e. The van der Waals surface area contributed by atoms with Crippen LogP contribution in [-0.2, 0) is 4.74 Å². The van der Waals surface area contributed by atoms with Crippen LogP contribution < -0.4 is 14.8 Å². The van der Waals surface area contributed by atoms with Crippen LogP contribution in [-0.4, -0.2) is 61.0 Å². The second kappa shape index (κ2) is 11.0. The van der Waals surface area contributed by atoms with Crippen molar-refractivity contribution in [3.63, 3.8) is 0 Å². The lowest BCUT2D eigenvalue weighted by Crippen LogP contribution is -2.40. The number of anilines is 1. The molecule has 1 saturated heterocycles. The fourth-order valence-electron chi connectivity index (χ4n) is 3.77. The molecule has 12 heteroatoms. The minimum absolute atomic E-state index is 0.116. The van der Waals surface area contributed by atoms with Gasteiger partial charge in [0.05, 0.1) is 36.5 Å². The Kier molecular flexibility index (Phi) is 7.76. The zero-order chi connectivity index (χ0) is 24.9. The summed E-state index contributed by atoms with van der Waals surface area (Å²) in [6.45, 7) is 3.14. The van der Waals surface area contributed by atoms with Crippen LogP contribution in [0.25, 0.3) is 11.5 Å². The molecule has 10 nitrogen and oxygen atoms in total. The van der Waals surface area contributed by atoms with E-state index in [1.165, 1.54) is 31.6 Å². The summed E-state index contributed by atoms with van der Waals surface area (Å²) < 4.78 is 20.8. The molecule has 3 heterocycles. The number of urea groups is 1. The standard InChI is InChI=1S/C23H25ClN4O6S/c1-4-33-22(29)16-10-20(34-27-16)17-12-35-21(25-17)13-5-7-28(8-6-13)23(30)26-15-9-14(24)18(31-2)11-19(15)32-3/h9-13H,4-8H2,1-3H3,(H,26,30). The number of carbonyl (C=O) groups is 2. The van der Waals surface area contributed by atoms with Crippen LogP contribution in [0, 0.1) is 0 Å². The van der Waals surface area contributed by atoms with Crippen LogP contribution >= 0.6 is 22.9 Å². The lowest BCUT2D eigenvalue weighted by molar-refractivity contribution is 0.0514. The average molecular weight is 521 g/mol. The molecule has 2 amide bonds. The minimum atomic E-state index is -0.530. The van der Waals surface area contributed by atoms with Gasteiger partial charge in [-0.3, -0.25) is 0 Å². The van der Waals surface area contributed by atoms with Crippen molar-refractivity contribution in [3.8, 4) is 23.0 Å². The Labute approximate surface area is 211 Å². The quantitative estimate of drug-likeness (QED) is 0.430. The van der Waals surface area contributed by atoms with Crippen molar-refractivity contribution in [2.75, 3.05) is 39.2 Å². The molecule has 1 aromatic carbocycles. The molecule has 0 bridgehead atoms. The van der Waals surface area contributed by atoms with Gasteiger partial charge in [0, 0.05) is 36.5 Å². The number of thiazole rings is 1. The van der Waals surface area contributed by atoms with E-state index in [9.17, 15) is 9.59 Å². The maximum absolute atomic E-state index is 12.9.